The molecule has 0 amide bonds. The zero-order chi connectivity index (χ0) is 8.55. The van der Waals surface area contributed by atoms with Crippen molar-refractivity contribution in [2.75, 3.05) is 0 Å². The van der Waals surface area contributed by atoms with E-state index in [0.717, 1.165) is 11.7 Å². The lowest BCUT2D eigenvalue weighted by Crippen LogP contribution is -1.80. The van der Waals surface area contributed by atoms with Crippen molar-refractivity contribution in [1.82, 2.24) is 0 Å². The molecule has 0 aliphatic carbocycles. The van der Waals surface area contributed by atoms with E-state index in [1.807, 2.05) is 6.07 Å². The third kappa shape index (κ3) is 1.14. The van der Waals surface area contributed by atoms with Crippen LogP contribution in [0.5, 0.6) is 0 Å². The van der Waals surface area contributed by atoms with Crippen LogP contribution in [0.4, 0.5) is 4.39 Å². The Labute approximate surface area is 75.4 Å². The molecule has 60 valence electrons. The molecule has 0 spiro atoms. The Balaban J connectivity index is 2.75. The Morgan fingerprint density at radius 3 is 3.00 bits per heavy atom. The predicted octanol–water partition coefficient (Wildman–Crippen LogP) is 2.17. The second-order valence-corrected chi connectivity index (χ2v) is 3.67. The van der Waals surface area contributed by atoms with Gasteiger partial charge in [-0.3, -0.25) is 0 Å². The van der Waals surface area contributed by atoms with E-state index in [0.29, 0.717) is 0 Å². The van der Waals surface area contributed by atoms with Crippen LogP contribution in [0, 0.1) is 5.82 Å². The summed E-state index contributed by atoms with van der Waals surface area (Å²) in [6.45, 7) is 0. The van der Waals surface area contributed by atoms with Gasteiger partial charge in [0.1, 0.15) is 13.7 Å². The average Bonchev–Trinajstić information content (AvgIpc) is 2.46. The molecular formula is C9H8BFS. The predicted molar refractivity (Wildman–Crippen MR) is 54.0 cm³/mol. The summed E-state index contributed by atoms with van der Waals surface area (Å²) in [7, 11) is 2.09. The highest BCUT2D eigenvalue weighted by atomic mass is 32.1. The minimum atomic E-state index is -0.143. The maximum atomic E-state index is 12.8. The monoisotopic (exact) mass is 178 g/mol. The van der Waals surface area contributed by atoms with Crippen molar-refractivity contribution in [3.05, 3.63) is 35.0 Å². The number of rotatable bonds is 1. The van der Waals surface area contributed by atoms with Crippen molar-refractivity contribution in [2.45, 2.75) is 6.32 Å². The lowest BCUT2D eigenvalue weighted by Gasteiger charge is -1.93. The smallest absolute Gasteiger partial charge is 0.123 e. The maximum Gasteiger partial charge on any atom is 0.123 e. The first kappa shape index (κ1) is 7.81. The number of hydrogen-bond acceptors (Lipinski definition) is 1. The summed E-state index contributed by atoms with van der Waals surface area (Å²) in [5.41, 5.74) is 1.24. The van der Waals surface area contributed by atoms with E-state index in [1.165, 1.54) is 16.3 Å². The van der Waals surface area contributed by atoms with Crippen molar-refractivity contribution < 1.29 is 4.39 Å². The van der Waals surface area contributed by atoms with Gasteiger partial charge in [0.2, 0.25) is 0 Å². The highest BCUT2D eigenvalue weighted by molar-refractivity contribution is 7.17. The highest BCUT2D eigenvalue weighted by Gasteiger charge is 2.02. The van der Waals surface area contributed by atoms with Gasteiger partial charge in [-0.2, -0.15) is 0 Å². The largest absolute Gasteiger partial charge is 0.207 e. The molecule has 2 aromatic rings. The summed E-state index contributed by atoms with van der Waals surface area (Å²) in [4.78, 5) is 0. The fourth-order valence-corrected chi connectivity index (χ4v) is 2.35. The summed E-state index contributed by atoms with van der Waals surface area (Å²) in [6, 6.07) is 4.97. The minimum Gasteiger partial charge on any atom is -0.207 e. The summed E-state index contributed by atoms with van der Waals surface area (Å²) < 4.78 is 14.0. The van der Waals surface area contributed by atoms with Crippen LogP contribution in [0.2, 0.25) is 0 Å². The third-order valence-electron chi connectivity index (χ3n) is 2.00. The number of fused-ring (bicyclic) bond motifs is 1. The molecule has 0 bridgehead atoms. The first-order valence-corrected chi connectivity index (χ1v) is 4.85. The van der Waals surface area contributed by atoms with Gasteiger partial charge in [0.05, 0.1) is 0 Å². The van der Waals surface area contributed by atoms with Crippen LogP contribution >= 0.6 is 11.3 Å². The lowest BCUT2D eigenvalue weighted by atomic mass is 9.97. The topological polar surface area (TPSA) is 0 Å². The Bertz CT molecular complexity index is 408. The van der Waals surface area contributed by atoms with Gasteiger partial charge in [-0.1, -0.05) is 6.32 Å². The molecule has 0 unspecified atom stereocenters. The highest BCUT2D eigenvalue weighted by Crippen LogP contribution is 2.26. The number of benzene rings is 1. The Morgan fingerprint density at radius 1 is 1.42 bits per heavy atom. The van der Waals surface area contributed by atoms with Crippen molar-refractivity contribution in [1.29, 1.82) is 0 Å². The summed E-state index contributed by atoms with van der Waals surface area (Å²) >= 11 is 1.68. The zero-order valence-corrected chi connectivity index (χ0v) is 7.62. The minimum absolute atomic E-state index is 0.143. The molecule has 0 aliphatic rings. The molecule has 0 saturated carbocycles. The van der Waals surface area contributed by atoms with Crippen LogP contribution in [0.15, 0.2) is 23.6 Å². The van der Waals surface area contributed by atoms with Gasteiger partial charge in [0.25, 0.3) is 0 Å². The van der Waals surface area contributed by atoms with Crippen molar-refractivity contribution >= 4 is 29.3 Å². The van der Waals surface area contributed by atoms with E-state index in [1.54, 1.807) is 17.4 Å². The van der Waals surface area contributed by atoms with Gasteiger partial charge in [-0.05, 0) is 34.5 Å². The van der Waals surface area contributed by atoms with E-state index in [-0.39, 0.29) is 5.82 Å². The molecule has 0 nitrogen and oxygen atoms in total. The van der Waals surface area contributed by atoms with Gasteiger partial charge < -0.3 is 0 Å². The molecule has 0 atom stereocenters. The molecule has 12 heavy (non-hydrogen) atoms. The number of hydrogen-bond donors (Lipinski definition) is 0. The molecule has 0 radical (unpaired) electrons. The second-order valence-electron chi connectivity index (χ2n) is 2.75. The molecular weight excluding hydrogens is 170 g/mol. The van der Waals surface area contributed by atoms with Crippen molar-refractivity contribution in [3.8, 4) is 0 Å². The second kappa shape index (κ2) is 2.90. The Kier molecular flexibility index (Phi) is 1.89. The summed E-state index contributed by atoms with van der Waals surface area (Å²) in [5, 5.41) is 3.17. The molecule has 0 fully saturated rings. The van der Waals surface area contributed by atoms with Gasteiger partial charge >= 0.3 is 0 Å². The molecule has 2 rings (SSSR count). The fraction of sp³-hybridized carbons (Fsp3) is 0.111. The molecule has 0 N–H and O–H groups in total. The lowest BCUT2D eigenvalue weighted by molar-refractivity contribution is 0.630. The van der Waals surface area contributed by atoms with Crippen LogP contribution in [0.25, 0.3) is 10.1 Å². The van der Waals surface area contributed by atoms with Gasteiger partial charge in [0.15, 0.2) is 0 Å². The van der Waals surface area contributed by atoms with Gasteiger partial charge in [-0.15, -0.1) is 11.3 Å². The van der Waals surface area contributed by atoms with E-state index < -0.39 is 0 Å². The van der Waals surface area contributed by atoms with Crippen molar-refractivity contribution in [3.63, 3.8) is 0 Å². The third-order valence-corrected chi connectivity index (χ3v) is 3.01. The van der Waals surface area contributed by atoms with Gasteiger partial charge in [0, 0.05) is 4.70 Å². The molecule has 1 heterocycles. The van der Waals surface area contributed by atoms with E-state index in [9.17, 15) is 4.39 Å². The molecule has 3 heteroatoms. The maximum absolute atomic E-state index is 12.8. The first-order valence-electron chi connectivity index (χ1n) is 3.97. The first-order chi connectivity index (χ1) is 5.81. The summed E-state index contributed by atoms with van der Waals surface area (Å²) in [5.74, 6) is -0.143. The fourth-order valence-electron chi connectivity index (χ4n) is 1.33. The van der Waals surface area contributed by atoms with Crippen LogP contribution in [0.3, 0.4) is 0 Å². The quantitative estimate of drug-likeness (QED) is 0.587. The Morgan fingerprint density at radius 2 is 2.25 bits per heavy atom. The molecule has 1 aromatic heterocycles. The Hall–Kier alpha value is -0.825. The molecule has 0 aliphatic heterocycles. The number of halogens is 1. The summed E-state index contributed by atoms with van der Waals surface area (Å²) in [6.07, 6.45) is 0.976. The van der Waals surface area contributed by atoms with Crippen LogP contribution in [-0.4, -0.2) is 7.85 Å². The van der Waals surface area contributed by atoms with E-state index in [4.69, 9.17) is 0 Å². The van der Waals surface area contributed by atoms with E-state index >= 15 is 0 Å². The van der Waals surface area contributed by atoms with Crippen LogP contribution < -0.4 is 0 Å². The molecule has 0 saturated heterocycles. The standard InChI is InChI=1S/C9H8BFS/c10-4-6-5-12-9-2-1-7(11)3-8(6)9/h1-3,5H,4,10H2. The zero-order valence-electron chi connectivity index (χ0n) is 6.80. The normalized spacial score (nSPS) is 10.8. The SMILES string of the molecule is BCc1csc2ccc(F)cc12. The molecule has 1 aromatic carbocycles. The van der Waals surface area contributed by atoms with Crippen LogP contribution in [-0.2, 0) is 6.32 Å². The van der Waals surface area contributed by atoms with Crippen molar-refractivity contribution in [2.24, 2.45) is 0 Å². The average molecular weight is 178 g/mol. The van der Waals surface area contributed by atoms with E-state index in [2.05, 4.69) is 13.2 Å². The van der Waals surface area contributed by atoms with Crippen LogP contribution in [0.1, 0.15) is 5.56 Å². The number of thiophene rings is 1. The van der Waals surface area contributed by atoms with Gasteiger partial charge in [-0.25, -0.2) is 4.39 Å².